The Morgan fingerprint density at radius 2 is 1.96 bits per heavy atom. The molecule has 0 spiro atoms. The standard InChI is InChI=1S/C20H24N4O2/c25-19(16-7-8-16)15-5-3-14(4-6-15)12-21-20(26)24-10-1-2-17-18(9-11-24)23-13-22-17/h3-6,13,16H,1-2,7-12H2,(H,21,26)(H,22,23). The molecule has 4 rings (SSSR count). The van der Waals surface area contributed by atoms with Crippen molar-refractivity contribution in [2.24, 2.45) is 5.92 Å². The Hall–Kier alpha value is -2.63. The summed E-state index contributed by atoms with van der Waals surface area (Å²) < 4.78 is 0. The van der Waals surface area contributed by atoms with Crippen LogP contribution in [0.15, 0.2) is 30.6 Å². The third kappa shape index (κ3) is 3.79. The van der Waals surface area contributed by atoms with Gasteiger partial charge in [-0.1, -0.05) is 24.3 Å². The molecule has 0 atom stereocenters. The number of nitrogens with one attached hydrogen (secondary N) is 2. The highest BCUT2D eigenvalue weighted by atomic mass is 16.2. The van der Waals surface area contributed by atoms with Crippen LogP contribution in [0.4, 0.5) is 4.79 Å². The van der Waals surface area contributed by atoms with Crippen molar-refractivity contribution in [3.8, 4) is 0 Å². The number of aromatic nitrogens is 2. The van der Waals surface area contributed by atoms with Crippen LogP contribution in [0.2, 0.25) is 0 Å². The summed E-state index contributed by atoms with van der Waals surface area (Å²) >= 11 is 0. The maximum atomic E-state index is 12.5. The van der Waals surface area contributed by atoms with Gasteiger partial charge in [0.2, 0.25) is 0 Å². The van der Waals surface area contributed by atoms with Crippen LogP contribution in [0.25, 0.3) is 0 Å². The Balaban J connectivity index is 1.30. The molecule has 0 bridgehead atoms. The molecule has 1 fully saturated rings. The SMILES string of the molecule is O=C(c1ccc(CNC(=O)N2CCCc3[nH]cnc3CC2)cc1)C1CC1. The number of hydrogen-bond donors (Lipinski definition) is 2. The predicted octanol–water partition coefficient (Wildman–Crippen LogP) is 2.70. The van der Waals surface area contributed by atoms with Crippen LogP contribution in [0.3, 0.4) is 0 Å². The lowest BCUT2D eigenvalue weighted by Crippen LogP contribution is -2.42. The zero-order chi connectivity index (χ0) is 17.9. The summed E-state index contributed by atoms with van der Waals surface area (Å²) in [5.74, 6) is 0.488. The number of Topliss-reactive ketones (excluding diaryl/α,β-unsaturated/α-hetero) is 1. The van der Waals surface area contributed by atoms with Crippen molar-refractivity contribution < 1.29 is 9.59 Å². The minimum Gasteiger partial charge on any atom is -0.348 e. The number of nitrogens with zero attached hydrogens (tertiary/aromatic N) is 2. The van der Waals surface area contributed by atoms with E-state index in [1.165, 1.54) is 5.69 Å². The number of aryl methyl sites for hydroxylation is 1. The van der Waals surface area contributed by atoms with Gasteiger partial charge in [0, 0.05) is 43.2 Å². The summed E-state index contributed by atoms with van der Waals surface area (Å²) in [7, 11) is 0. The molecular weight excluding hydrogens is 328 g/mol. The number of fused-ring (bicyclic) bond motifs is 1. The molecule has 1 aromatic heterocycles. The highest BCUT2D eigenvalue weighted by Crippen LogP contribution is 2.32. The Labute approximate surface area is 153 Å². The fourth-order valence-corrected chi connectivity index (χ4v) is 3.44. The quantitative estimate of drug-likeness (QED) is 0.831. The molecule has 2 aliphatic rings. The number of amides is 2. The molecule has 2 aromatic rings. The van der Waals surface area contributed by atoms with Crippen LogP contribution < -0.4 is 5.32 Å². The van der Waals surface area contributed by atoms with Gasteiger partial charge in [0.25, 0.3) is 0 Å². The smallest absolute Gasteiger partial charge is 0.317 e. The Kier molecular flexibility index (Phi) is 4.73. The third-order valence-corrected chi connectivity index (χ3v) is 5.20. The van der Waals surface area contributed by atoms with Gasteiger partial charge in [-0.25, -0.2) is 9.78 Å². The first-order valence-electron chi connectivity index (χ1n) is 9.38. The van der Waals surface area contributed by atoms with Crippen LogP contribution in [0.5, 0.6) is 0 Å². The molecule has 136 valence electrons. The van der Waals surface area contributed by atoms with Crippen molar-refractivity contribution in [2.45, 2.75) is 38.6 Å². The van der Waals surface area contributed by atoms with E-state index in [1.54, 1.807) is 6.33 Å². The number of rotatable bonds is 4. The summed E-state index contributed by atoms with van der Waals surface area (Å²) in [6, 6.07) is 7.56. The predicted molar refractivity (Wildman–Crippen MR) is 97.9 cm³/mol. The zero-order valence-corrected chi connectivity index (χ0v) is 14.8. The summed E-state index contributed by atoms with van der Waals surface area (Å²) in [6.45, 7) is 1.90. The van der Waals surface area contributed by atoms with Crippen molar-refractivity contribution in [1.82, 2.24) is 20.2 Å². The summed E-state index contributed by atoms with van der Waals surface area (Å²) in [6.07, 6.45) is 6.41. The van der Waals surface area contributed by atoms with Crippen LogP contribution in [-0.4, -0.2) is 39.8 Å². The van der Waals surface area contributed by atoms with E-state index in [4.69, 9.17) is 0 Å². The van der Waals surface area contributed by atoms with Crippen LogP contribution >= 0.6 is 0 Å². The van der Waals surface area contributed by atoms with E-state index >= 15 is 0 Å². The van der Waals surface area contributed by atoms with Crippen molar-refractivity contribution in [2.75, 3.05) is 13.1 Å². The molecule has 2 N–H and O–H groups in total. The topological polar surface area (TPSA) is 78.1 Å². The van der Waals surface area contributed by atoms with Gasteiger partial charge in [-0.2, -0.15) is 0 Å². The van der Waals surface area contributed by atoms with E-state index in [9.17, 15) is 9.59 Å². The second-order valence-electron chi connectivity index (χ2n) is 7.16. The number of benzene rings is 1. The van der Waals surface area contributed by atoms with Gasteiger partial charge in [0.15, 0.2) is 5.78 Å². The molecule has 26 heavy (non-hydrogen) atoms. The maximum Gasteiger partial charge on any atom is 0.317 e. The third-order valence-electron chi connectivity index (χ3n) is 5.20. The largest absolute Gasteiger partial charge is 0.348 e. The number of H-pyrrole nitrogens is 1. The molecule has 0 unspecified atom stereocenters. The molecule has 0 radical (unpaired) electrons. The fourth-order valence-electron chi connectivity index (χ4n) is 3.44. The average Bonchev–Trinajstić information content (AvgIpc) is 3.41. The van der Waals surface area contributed by atoms with E-state index in [-0.39, 0.29) is 17.7 Å². The summed E-state index contributed by atoms with van der Waals surface area (Å²) in [5.41, 5.74) is 4.05. The number of aromatic amines is 1. The molecule has 0 saturated heterocycles. The van der Waals surface area contributed by atoms with Crippen molar-refractivity contribution in [3.05, 3.63) is 53.1 Å². The van der Waals surface area contributed by atoms with Gasteiger partial charge in [-0.05, 0) is 31.2 Å². The average molecular weight is 352 g/mol. The van der Waals surface area contributed by atoms with Crippen molar-refractivity contribution in [1.29, 1.82) is 0 Å². The van der Waals surface area contributed by atoms with E-state index in [0.29, 0.717) is 13.1 Å². The highest BCUT2D eigenvalue weighted by Gasteiger charge is 2.30. The Bertz CT molecular complexity index is 792. The molecule has 1 aliphatic heterocycles. The first kappa shape index (κ1) is 16.8. The number of hydrogen-bond acceptors (Lipinski definition) is 3. The lowest BCUT2D eigenvalue weighted by atomic mass is 10.1. The normalized spacial score (nSPS) is 17.2. The Morgan fingerprint density at radius 1 is 1.15 bits per heavy atom. The number of ketones is 1. The number of carbonyl (C=O) groups excluding carboxylic acids is 2. The van der Waals surface area contributed by atoms with Gasteiger partial charge in [0.1, 0.15) is 0 Å². The van der Waals surface area contributed by atoms with Gasteiger partial charge in [-0.3, -0.25) is 4.79 Å². The minimum absolute atomic E-state index is 0.0397. The molecule has 2 amide bonds. The van der Waals surface area contributed by atoms with E-state index in [0.717, 1.165) is 55.5 Å². The van der Waals surface area contributed by atoms with Gasteiger partial charge < -0.3 is 15.2 Å². The zero-order valence-electron chi connectivity index (χ0n) is 14.8. The number of carbonyl (C=O) groups is 2. The lowest BCUT2D eigenvalue weighted by Gasteiger charge is -2.24. The first-order valence-corrected chi connectivity index (χ1v) is 9.38. The molecule has 1 aromatic carbocycles. The molecule has 1 saturated carbocycles. The molecule has 6 nitrogen and oxygen atoms in total. The van der Waals surface area contributed by atoms with E-state index in [2.05, 4.69) is 15.3 Å². The van der Waals surface area contributed by atoms with Crippen molar-refractivity contribution in [3.63, 3.8) is 0 Å². The van der Waals surface area contributed by atoms with E-state index < -0.39 is 0 Å². The maximum absolute atomic E-state index is 12.5. The molecule has 6 heteroatoms. The number of imidazole rings is 1. The monoisotopic (exact) mass is 352 g/mol. The lowest BCUT2D eigenvalue weighted by molar-refractivity contribution is 0.0967. The Morgan fingerprint density at radius 3 is 2.73 bits per heavy atom. The fraction of sp³-hybridized carbons (Fsp3) is 0.450. The first-order chi connectivity index (χ1) is 12.7. The van der Waals surface area contributed by atoms with Crippen LogP contribution in [0.1, 0.15) is 46.6 Å². The van der Waals surface area contributed by atoms with Crippen LogP contribution in [-0.2, 0) is 19.4 Å². The summed E-state index contributed by atoms with van der Waals surface area (Å²) in [5, 5.41) is 2.99. The van der Waals surface area contributed by atoms with Gasteiger partial charge in [0.05, 0.1) is 12.0 Å². The number of urea groups is 1. The highest BCUT2D eigenvalue weighted by molar-refractivity contribution is 5.99. The summed E-state index contributed by atoms with van der Waals surface area (Å²) in [4.78, 5) is 33.9. The second kappa shape index (κ2) is 7.32. The van der Waals surface area contributed by atoms with Crippen molar-refractivity contribution >= 4 is 11.8 Å². The van der Waals surface area contributed by atoms with E-state index in [1.807, 2.05) is 29.2 Å². The van der Waals surface area contributed by atoms with Gasteiger partial charge in [-0.15, -0.1) is 0 Å². The molecule has 2 heterocycles. The molecular formula is C20H24N4O2. The van der Waals surface area contributed by atoms with Crippen LogP contribution in [0, 0.1) is 5.92 Å². The second-order valence-corrected chi connectivity index (χ2v) is 7.16. The minimum atomic E-state index is -0.0397. The van der Waals surface area contributed by atoms with Gasteiger partial charge >= 0.3 is 6.03 Å². The molecule has 1 aliphatic carbocycles.